The fraction of sp³-hybridized carbons (Fsp3) is 0. The maximum atomic E-state index is 7.18. The molecule has 0 aliphatic heterocycles. The lowest BCUT2D eigenvalue weighted by atomic mass is 9.99. The molecule has 316 valence electrons. The molecule has 3 heteroatoms. The van der Waals surface area contributed by atoms with Gasteiger partial charge in [-0.3, -0.25) is 0 Å². The van der Waals surface area contributed by atoms with Crippen LogP contribution in [0.3, 0.4) is 0 Å². The summed E-state index contributed by atoms with van der Waals surface area (Å²) in [6.45, 7) is 0. The average Bonchev–Trinajstić information content (AvgIpc) is 3.80. The summed E-state index contributed by atoms with van der Waals surface area (Å²) in [6.07, 6.45) is 0. The van der Waals surface area contributed by atoms with Crippen molar-refractivity contribution >= 4 is 66.8 Å². The van der Waals surface area contributed by atoms with E-state index in [0.29, 0.717) is 0 Å². The highest BCUT2D eigenvalue weighted by Crippen LogP contribution is 2.50. The summed E-state index contributed by atoms with van der Waals surface area (Å²) in [4.78, 5) is 4.79. The van der Waals surface area contributed by atoms with E-state index in [2.05, 4.69) is 277 Å². The van der Waals surface area contributed by atoms with Gasteiger partial charge in [0.1, 0.15) is 5.58 Å². The highest BCUT2D eigenvalue weighted by Gasteiger charge is 2.26. The van der Waals surface area contributed by atoms with Gasteiger partial charge in [-0.25, -0.2) is 0 Å². The van der Waals surface area contributed by atoms with E-state index in [-0.39, 0.29) is 0 Å². The zero-order valence-electron chi connectivity index (χ0n) is 36.7. The molecule has 12 aromatic rings. The molecule has 0 unspecified atom stereocenters. The lowest BCUT2D eigenvalue weighted by molar-refractivity contribution is 0.669. The van der Waals surface area contributed by atoms with Gasteiger partial charge >= 0.3 is 0 Å². The summed E-state index contributed by atoms with van der Waals surface area (Å²) in [7, 11) is 0. The van der Waals surface area contributed by atoms with Gasteiger partial charge in [-0.2, -0.15) is 0 Å². The Morgan fingerprint density at radius 3 is 1.42 bits per heavy atom. The number of rotatable bonds is 10. The second-order valence-corrected chi connectivity index (χ2v) is 16.9. The molecule has 1 heterocycles. The van der Waals surface area contributed by atoms with E-state index >= 15 is 0 Å². The molecule has 0 atom stereocenters. The Kier molecular flexibility index (Phi) is 10.2. The number of hydrogen-bond donors (Lipinski definition) is 0. The molecule has 1 aromatic heterocycles. The van der Waals surface area contributed by atoms with Crippen LogP contribution in [0.25, 0.3) is 77.2 Å². The predicted octanol–water partition coefficient (Wildman–Crippen LogP) is 18.3. The minimum atomic E-state index is 0.808. The molecule has 0 spiro atoms. The van der Waals surface area contributed by atoms with Crippen molar-refractivity contribution in [3.05, 3.63) is 267 Å². The summed E-state index contributed by atoms with van der Waals surface area (Å²) < 4.78 is 7.18. The number of nitrogens with zero attached hydrogens (tertiary/aromatic N) is 2. The van der Waals surface area contributed by atoms with E-state index < -0.39 is 0 Å². The Balaban J connectivity index is 1.16. The van der Waals surface area contributed by atoms with E-state index in [0.717, 1.165) is 100 Å². The average molecular weight is 857 g/mol. The van der Waals surface area contributed by atoms with Crippen LogP contribution in [0.15, 0.2) is 271 Å². The monoisotopic (exact) mass is 856 g/mol. The Hall–Kier alpha value is -8.92. The van der Waals surface area contributed by atoms with Crippen LogP contribution < -0.4 is 9.80 Å². The van der Waals surface area contributed by atoms with Crippen LogP contribution in [0.4, 0.5) is 34.1 Å². The van der Waals surface area contributed by atoms with Gasteiger partial charge < -0.3 is 14.2 Å². The largest absolute Gasteiger partial charge is 0.454 e. The lowest BCUT2D eigenvalue weighted by Gasteiger charge is -2.31. The van der Waals surface area contributed by atoms with Crippen molar-refractivity contribution in [3.8, 4) is 44.5 Å². The number of hydrogen-bond acceptors (Lipinski definition) is 3. The van der Waals surface area contributed by atoms with Gasteiger partial charge in [0.05, 0.1) is 11.4 Å². The van der Waals surface area contributed by atoms with Crippen LogP contribution in [-0.4, -0.2) is 0 Å². The molecule has 0 saturated heterocycles. The predicted molar refractivity (Wildman–Crippen MR) is 282 cm³/mol. The number of anilines is 6. The van der Waals surface area contributed by atoms with E-state index in [9.17, 15) is 0 Å². The molecule has 11 aromatic carbocycles. The minimum absolute atomic E-state index is 0.808. The van der Waals surface area contributed by atoms with Crippen molar-refractivity contribution in [2.24, 2.45) is 0 Å². The Bertz CT molecular complexity index is 3660. The first-order valence-corrected chi connectivity index (χ1v) is 22.8. The molecular weight excluding hydrogens is 813 g/mol. The molecule has 0 radical (unpaired) electrons. The van der Waals surface area contributed by atoms with Gasteiger partial charge in [-0.15, -0.1) is 0 Å². The van der Waals surface area contributed by atoms with Gasteiger partial charge in [-0.05, 0) is 110 Å². The molecule has 67 heavy (non-hydrogen) atoms. The van der Waals surface area contributed by atoms with Crippen LogP contribution in [-0.2, 0) is 0 Å². The summed E-state index contributed by atoms with van der Waals surface area (Å²) in [5.41, 5.74) is 16.9. The maximum Gasteiger partial charge on any atom is 0.159 e. The first kappa shape index (κ1) is 39.7. The number of benzene rings is 11. The third kappa shape index (κ3) is 7.49. The highest BCUT2D eigenvalue weighted by atomic mass is 16.3. The van der Waals surface area contributed by atoms with Gasteiger partial charge in [0, 0.05) is 39.1 Å². The number of fused-ring (bicyclic) bond motifs is 5. The molecule has 0 N–H and O–H groups in total. The van der Waals surface area contributed by atoms with Crippen molar-refractivity contribution in [1.82, 2.24) is 0 Å². The summed E-state index contributed by atoms with van der Waals surface area (Å²) in [5, 5.41) is 4.43. The van der Waals surface area contributed by atoms with Crippen molar-refractivity contribution < 1.29 is 4.42 Å². The third-order valence-electron chi connectivity index (χ3n) is 12.8. The van der Waals surface area contributed by atoms with Gasteiger partial charge in [0.15, 0.2) is 5.58 Å². The number of para-hydroxylation sites is 1. The molecule has 0 aliphatic carbocycles. The zero-order chi connectivity index (χ0) is 44.5. The standard InChI is InChI=1S/C64H44N2O/c1-5-18-45(19-6-1)48-32-37-53(38-33-48)65(55-28-17-27-52(42-55)47-22-9-3-10-23-47)56-43-59-63-58-30-14-13-26-51(58)36-41-62(63)67-64(59)61(44-56)66(54-39-34-49(35-40-54)46-20-7-2-8-21-46)60-31-16-15-29-57(60)50-24-11-4-12-25-50/h1-44H. The molecule has 0 amide bonds. The topological polar surface area (TPSA) is 19.6 Å². The Morgan fingerprint density at radius 1 is 0.269 bits per heavy atom. The molecule has 12 rings (SSSR count). The SMILES string of the molecule is c1ccc(-c2ccc(N(c3cccc(-c4ccccc4)c3)c3cc(N(c4ccc(-c5ccccc5)cc4)c4ccccc4-c4ccccc4)c4oc5ccc6ccccc6c5c4c3)cc2)cc1. The van der Waals surface area contributed by atoms with E-state index in [4.69, 9.17) is 4.42 Å². The first-order valence-electron chi connectivity index (χ1n) is 22.8. The van der Waals surface area contributed by atoms with Crippen molar-refractivity contribution in [1.29, 1.82) is 0 Å². The Morgan fingerprint density at radius 2 is 0.776 bits per heavy atom. The van der Waals surface area contributed by atoms with E-state index in [1.165, 1.54) is 11.1 Å². The van der Waals surface area contributed by atoms with Crippen LogP contribution in [0.1, 0.15) is 0 Å². The fourth-order valence-electron chi connectivity index (χ4n) is 9.62. The summed E-state index contributed by atoms with van der Waals surface area (Å²) in [6, 6.07) is 95.5. The lowest BCUT2D eigenvalue weighted by Crippen LogP contribution is -2.14. The first-order chi connectivity index (χ1) is 33.2. The second kappa shape index (κ2) is 17.2. The number of furan rings is 1. The summed E-state index contributed by atoms with van der Waals surface area (Å²) >= 11 is 0. The molecule has 0 saturated carbocycles. The highest BCUT2D eigenvalue weighted by molar-refractivity contribution is 6.22. The van der Waals surface area contributed by atoms with E-state index in [1.54, 1.807) is 0 Å². The van der Waals surface area contributed by atoms with Gasteiger partial charge in [-0.1, -0.05) is 206 Å². The molecule has 0 fully saturated rings. The van der Waals surface area contributed by atoms with E-state index in [1.807, 2.05) is 0 Å². The van der Waals surface area contributed by atoms with Crippen LogP contribution in [0.2, 0.25) is 0 Å². The van der Waals surface area contributed by atoms with Gasteiger partial charge in [0.25, 0.3) is 0 Å². The molecular formula is C64H44N2O. The smallest absolute Gasteiger partial charge is 0.159 e. The van der Waals surface area contributed by atoms with Crippen molar-refractivity contribution in [2.45, 2.75) is 0 Å². The van der Waals surface area contributed by atoms with Gasteiger partial charge in [0.2, 0.25) is 0 Å². The Labute approximate surface area is 390 Å². The zero-order valence-corrected chi connectivity index (χ0v) is 36.7. The second-order valence-electron chi connectivity index (χ2n) is 16.9. The van der Waals surface area contributed by atoms with Crippen molar-refractivity contribution in [3.63, 3.8) is 0 Å². The van der Waals surface area contributed by atoms with Crippen LogP contribution in [0, 0.1) is 0 Å². The third-order valence-corrected chi connectivity index (χ3v) is 12.8. The van der Waals surface area contributed by atoms with Crippen LogP contribution >= 0.6 is 0 Å². The molecule has 0 aliphatic rings. The fourth-order valence-corrected chi connectivity index (χ4v) is 9.62. The summed E-state index contributed by atoms with van der Waals surface area (Å²) in [5.74, 6) is 0. The van der Waals surface area contributed by atoms with Crippen molar-refractivity contribution in [2.75, 3.05) is 9.80 Å². The normalized spacial score (nSPS) is 11.3. The maximum absolute atomic E-state index is 7.18. The van der Waals surface area contributed by atoms with Crippen LogP contribution in [0.5, 0.6) is 0 Å². The molecule has 0 bridgehead atoms. The minimum Gasteiger partial charge on any atom is -0.454 e. The molecule has 3 nitrogen and oxygen atoms in total. The quantitative estimate of drug-likeness (QED) is 0.137.